The quantitative estimate of drug-likeness (QED) is 0.739. The summed E-state index contributed by atoms with van der Waals surface area (Å²) in [6.45, 7) is 0. The van der Waals surface area contributed by atoms with E-state index in [4.69, 9.17) is 12.2 Å². The first-order chi connectivity index (χ1) is 9.34. The number of rotatable bonds is 2. The lowest BCUT2D eigenvalue weighted by atomic mass is 9.98. The van der Waals surface area contributed by atoms with Crippen molar-refractivity contribution in [3.05, 3.63) is 0 Å². The molecule has 110 valence electrons. The van der Waals surface area contributed by atoms with Gasteiger partial charge in [0.1, 0.15) is 0 Å². The summed E-state index contributed by atoms with van der Waals surface area (Å²) in [7, 11) is 0. The molecule has 0 saturated heterocycles. The summed E-state index contributed by atoms with van der Waals surface area (Å²) >= 11 is 5.42. The zero-order valence-electron chi connectivity index (χ0n) is 12.3. The third-order valence-electron chi connectivity index (χ3n) is 4.35. The van der Waals surface area contributed by atoms with E-state index >= 15 is 0 Å². The number of hydrogen-bond donors (Lipinski definition) is 2. The van der Waals surface area contributed by atoms with Crippen molar-refractivity contribution in [3.63, 3.8) is 0 Å². The van der Waals surface area contributed by atoms with Crippen molar-refractivity contribution < 1.29 is 0 Å². The zero-order valence-corrected chi connectivity index (χ0v) is 13.1. The molecule has 3 heteroatoms. The SMILES string of the molecule is S=C(NC1CCCCCCCCCCC1)NC1CC1. The first-order valence-corrected chi connectivity index (χ1v) is 8.82. The van der Waals surface area contributed by atoms with Crippen LogP contribution in [0.25, 0.3) is 0 Å². The Hall–Kier alpha value is -0.310. The Morgan fingerprint density at radius 1 is 0.579 bits per heavy atom. The molecule has 2 rings (SSSR count). The van der Waals surface area contributed by atoms with Crippen molar-refractivity contribution in [1.29, 1.82) is 0 Å². The number of thiocarbonyl (C=S) groups is 1. The fourth-order valence-corrected chi connectivity index (χ4v) is 3.28. The predicted molar refractivity (Wildman–Crippen MR) is 86.5 cm³/mol. The molecule has 2 saturated carbocycles. The maximum Gasteiger partial charge on any atom is 0.166 e. The second-order valence-electron chi connectivity index (χ2n) is 6.35. The van der Waals surface area contributed by atoms with Crippen molar-refractivity contribution in [2.24, 2.45) is 0 Å². The molecule has 0 aromatic rings. The molecule has 19 heavy (non-hydrogen) atoms. The smallest absolute Gasteiger partial charge is 0.166 e. The lowest BCUT2D eigenvalue weighted by Gasteiger charge is -2.21. The van der Waals surface area contributed by atoms with E-state index in [0.717, 1.165) is 5.11 Å². The molecule has 0 aliphatic heterocycles. The van der Waals surface area contributed by atoms with Gasteiger partial charge in [0.05, 0.1) is 0 Å². The van der Waals surface area contributed by atoms with Crippen LogP contribution in [-0.2, 0) is 0 Å². The Morgan fingerprint density at radius 3 is 1.37 bits per heavy atom. The van der Waals surface area contributed by atoms with Gasteiger partial charge < -0.3 is 10.6 Å². The second kappa shape index (κ2) is 8.78. The fourth-order valence-electron chi connectivity index (χ4n) is 2.95. The van der Waals surface area contributed by atoms with Crippen LogP contribution in [0.2, 0.25) is 0 Å². The first-order valence-electron chi connectivity index (χ1n) is 8.41. The molecule has 0 spiro atoms. The maximum atomic E-state index is 5.42. The van der Waals surface area contributed by atoms with E-state index in [1.807, 2.05) is 0 Å². The van der Waals surface area contributed by atoms with Gasteiger partial charge in [-0.05, 0) is 37.9 Å². The monoisotopic (exact) mass is 282 g/mol. The largest absolute Gasteiger partial charge is 0.360 e. The summed E-state index contributed by atoms with van der Waals surface area (Å²) in [6, 6.07) is 1.28. The van der Waals surface area contributed by atoms with E-state index in [1.165, 1.54) is 83.5 Å². The van der Waals surface area contributed by atoms with Gasteiger partial charge in [0.25, 0.3) is 0 Å². The van der Waals surface area contributed by atoms with Gasteiger partial charge in [-0.1, -0.05) is 57.8 Å². The molecular weight excluding hydrogens is 252 g/mol. The predicted octanol–water partition coefficient (Wildman–Crippen LogP) is 4.29. The van der Waals surface area contributed by atoms with Crippen LogP contribution < -0.4 is 10.6 Å². The van der Waals surface area contributed by atoms with Gasteiger partial charge in [-0.2, -0.15) is 0 Å². The normalized spacial score (nSPS) is 24.0. The Labute approximate surface area is 124 Å². The highest BCUT2D eigenvalue weighted by Gasteiger charge is 2.22. The Bertz CT molecular complexity index is 251. The highest BCUT2D eigenvalue weighted by molar-refractivity contribution is 7.80. The average Bonchev–Trinajstić information content (AvgIpc) is 3.16. The molecule has 0 radical (unpaired) electrons. The molecule has 2 N–H and O–H groups in total. The highest BCUT2D eigenvalue weighted by atomic mass is 32.1. The third-order valence-corrected chi connectivity index (χ3v) is 4.59. The minimum atomic E-state index is 0.609. The first kappa shape index (κ1) is 15.1. The molecule has 0 aromatic heterocycles. The minimum absolute atomic E-state index is 0.609. The van der Waals surface area contributed by atoms with Crippen molar-refractivity contribution in [2.75, 3.05) is 0 Å². The lowest BCUT2D eigenvalue weighted by molar-refractivity contribution is 0.441. The van der Waals surface area contributed by atoms with Crippen molar-refractivity contribution in [1.82, 2.24) is 10.6 Å². The van der Waals surface area contributed by atoms with Gasteiger partial charge in [-0.15, -0.1) is 0 Å². The third kappa shape index (κ3) is 7.14. The van der Waals surface area contributed by atoms with Crippen molar-refractivity contribution in [2.45, 2.75) is 95.6 Å². The summed E-state index contributed by atoms with van der Waals surface area (Å²) in [6.07, 6.45) is 17.9. The van der Waals surface area contributed by atoms with Crippen molar-refractivity contribution in [3.8, 4) is 0 Å². The van der Waals surface area contributed by atoms with Gasteiger partial charge in [-0.3, -0.25) is 0 Å². The van der Waals surface area contributed by atoms with Gasteiger partial charge in [0.2, 0.25) is 0 Å². The molecule has 2 nitrogen and oxygen atoms in total. The molecule has 0 heterocycles. The molecule has 2 aliphatic rings. The summed E-state index contributed by atoms with van der Waals surface area (Å²) in [4.78, 5) is 0. The Morgan fingerprint density at radius 2 is 0.947 bits per heavy atom. The van der Waals surface area contributed by atoms with Gasteiger partial charge in [0.15, 0.2) is 5.11 Å². The molecule has 0 atom stereocenters. The van der Waals surface area contributed by atoms with E-state index in [1.54, 1.807) is 0 Å². The fraction of sp³-hybridized carbons (Fsp3) is 0.938. The van der Waals surface area contributed by atoms with E-state index in [2.05, 4.69) is 10.6 Å². The van der Waals surface area contributed by atoms with E-state index < -0.39 is 0 Å². The van der Waals surface area contributed by atoms with Crippen LogP contribution in [0.15, 0.2) is 0 Å². The summed E-state index contributed by atoms with van der Waals surface area (Å²) in [5.41, 5.74) is 0. The average molecular weight is 282 g/mol. The highest BCUT2D eigenvalue weighted by Crippen LogP contribution is 2.19. The number of hydrogen-bond acceptors (Lipinski definition) is 1. The molecular formula is C16H30N2S. The van der Waals surface area contributed by atoms with E-state index in [0.29, 0.717) is 12.1 Å². The molecule has 0 amide bonds. The van der Waals surface area contributed by atoms with Crippen LogP contribution in [0.5, 0.6) is 0 Å². The van der Waals surface area contributed by atoms with Crippen LogP contribution >= 0.6 is 12.2 Å². The Balaban J connectivity index is 1.68. The van der Waals surface area contributed by atoms with E-state index in [-0.39, 0.29) is 0 Å². The summed E-state index contributed by atoms with van der Waals surface area (Å²) in [5, 5.41) is 7.87. The topological polar surface area (TPSA) is 24.1 Å². The van der Waals surface area contributed by atoms with Crippen LogP contribution in [0.1, 0.15) is 83.5 Å². The molecule has 0 unspecified atom stereocenters. The number of nitrogens with one attached hydrogen (secondary N) is 2. The standard InChI is InChI=1S/C16H30N2S/c19-16(18-15-12-13-15)17-14-10-8-6-4-2-1-3-5-7-9-11-14/h14-15H,1-13H2,(H2,17,18,19). The van der Waals surface area contributed by atoms with Gasteiger partial charge >= 0.3 is 0 Å². The van der Waals surface area contributed by atoms with Crippen molar-refractivity contribution >= 4 is 17.3 Å². The molecule has 2 fully saturated rings. The van der Waals surface area contributed by atoms with E-state index in [9.17, 15) is 0 Å². The molecule has 0 bridgehead atoms. The lowest BCUT2D eigenvalue weighted by Crippen LogP contribution is -2.42. The zero-order chi connectivity index (χ0) is 13.3. The molecule has 2 aliphatic carbocycles. The second-order valence-corrected chi connectivity index (χ2v) is 6.76. The van der Waals surface area contributed by atoms with Gasteiger partial charge in [-0.25, -0.2) is 0 Å². The molecule has 0 aromatic carbocycles. The van der Waals surface area contributed by atoms with Crippen LogP contribution in [0.3, 0.4) is 0 Å². The minimum Gasteiger partial charge on any atom is -0.360 e. The van der Waals surface area contributed by atoms with Crippen LogP contribution in [-0.4, -0.2) is 17.2 Å². The van der Waals surface area contributed by atoms with Crippen LogP contribution in [0.4, 0.5) is 0 Å². The van der Waals surface area contributed by atoms with Crippen LogP contribution in [0, 0.1) is 0 Å². The summed E-state index contributed by atoms with van der Waals surface area (Å²) < 4.78 is 0. The van der Waals surface area contributed by atoms with Gasteiger partial charge in [0, 0.05) is 12.1 Å². The Kier molecular flexibility index (Phi) is 6.97. The maximum absolute atomic E-state index is 5.42. The summed E-state index contributed by atoms with van der Waals surface area (Å²) in [5.74, 6) is 0.